The fourth-order valence-corrected chi connectivity index (χ4v) is 4.88. The van der Waals surface area contributed by atoms with Gasteiger partial charge in [0.2, 0.25) is 11.6 Å². The second-order valence-electron chi connectivity index (χ2n) is 5.73. The maximum absolute atomic E-state index is 12.7. The number of nitrogens with zero attached hydrogens (tertiary/aromatic N) is 2. The van der Waals surface area contributed by atoms with Crippen molar-refractivity contribution in [2.45, 2.75) is 18.4 Å². The Kier molecular flexibility index (Phi) is 3.98. The zero-order chi connectivity index (χ0) is 18.3. The van der Waals surface area contributed by atoms with Crippen molar-refractivity contribution in [2.75, 3.05) is 6.79 Å². The van der Waals surface area contributed by atoms with Gasteiger partial charge >= 0.3 is 0 Å². The maximum Gasteiger partial charge on any atom is 0.285 e. The number of rotatable bonds is 3. The summed E-state index contributed by atoms with van der Waals surface area (Å²) >= 11 is 1.24. The molecule has 0 radical (unpaired) electrons. The molecule has 0 amide bonds. The Balaban J connectivity index is 1.93. The van der Waals surface area contributed by atoms with Crippen LogP contribution in [0.1, 0.15) is 5.56 Å². The number of thiazole rings is 1. The van der Waals surface area contributed by atoms with Gasteiger partial charge in [0, 0.05) is 12.1 Å². The van der Waals surface area contributed by atoms with E-state index in [0.29, 0.717) is 16.3 Å². The molecule has 132 valence electrons. The number of fused-ring (bicyclic) bond motifs is 2. The second kappa shape index (κ2) is 6.20. The number of benzene rings is 2. The number of aryl methyl sites for hydroxylation is 1. The quantitative estimate of drug-likeness (QED) is 0.649. The van der Waals surface area contributed by atoms with Gasteiger partial charge in [-0.3, -0.25) is 0 Å². The Morgan fingerprint density at radius 3 is 2.62 bits per heavy atom. The molecule has 3 aromatic rings. The molecule has 1 aliphatic heterocycles. The predicted molar refractivity (Wildman–Crippen MR) is 98.7 cm³/mol. The molecule has 1 aromatic heterocycles. The molecule has 0 saturated carbocycles. The minimum absolute atomic E-state index is 0.141. The number of ether oxygens (including phenoxy) is 2. The lowest BCUT2D eigenvalue weighted by atomic mass is 10.2. The number of aromatic nitrogens is 1. The average molecular weight is 386 g/mol. The third-order valence-electron chi connectivity index (χ3n) is 3.94. The molecule has 26 heavy (non-hydrogen) atoms. The summed E-state index contributed by atoms with van der Waals surface area (Å²) < 4.78 is 42.7. The zero-order valence-electron chi connectivity index (χ0n) is 13.8. The fraction of sp³-hybridized carbons (Fsp3) is 0.167. The van der Waals surface area contributed by atoms with E-state index in [2.05, 4.69) is 10.3 Å². The number of hydrogen-bond donors (Lipinski definition) is 0. The lowest BCUT2D eigenvalue weighted by Crippen LogP contribution is -2.16. The topological polar surface area (TPSA) is 69.9 Å². The molecule has 0 spiro atoms. The lowest BCUT2D eigenvalue weighted by molar-refractivity contribution is 0.174. The molecular weight excluding hydrogens is 372 g/mol. The van der Waals surface area contributed by atoms with Crippen LogP contribution in [0.2, 0.25) is 0 Å². The third kappa shape index (κ3) is 2.85. The molecule has 8 heteroatoms. The van der Waals surface area contributed by atoms with Crippen LogP contribution in [0, 0.1) is 19.3 Å². The standard InChI is InChI=1S/C18H14N2O4S2/c1-3-8-20-14-9-15-16(24-11-23-15)10-17(14)25-18(20)19-26(21,22)13-6-4-12(2)5-7-13/h1,4-7,9-10H,8,11H2,2H3/b19-18-. The van der Waals surface area contributed by atoms with Crippen LogP contribution in [-0.2, 0) is 16.6 Å². The van der Waals surface area contributed by atoms with Crippen LogP contribution in [0.5, 0.6) is 11.5 Å². The Bertz CT molecular complexity index is 1210. The number of hydrogen-bond acceptors (Lipinski definition) is 5. The zero-order valence-corrected chi connectivity index (χ0v) is 15.4. The van der Waals surface area contributed by atoms with E-state index >= 15 is 0 Å². The Morgan fingerprint density at radius 2 is 1.92 bits per heavy atom. The molecule has 2 aromatic carbocycles. The maximum atomic E-state index is 12.7. The smallest absolute Gasteiger partial charge is 0.285 e. The van der Waals surface area contributed by atoms with E-state index < -0.39 is 10.0 Å². The summed E-state index contributed by atoms with van der Waals surface area (Å²) in [6, 6.07) is 10.2. The van der Waals surface area contributed by atoms with Crippen LogP contribution in [0.3, 0.4) is 0 Å². The molecule has 0 saturated heterocycles. The van der Waals surface area contributed by atoms with Gasteiger partial charge in [0.05, 0.1) is 21.7 Å². The van der Waals surface area contributed by atoms with Crippen molar-refractivity contribution < 1.29 is 17.9 Å². The highest BCUT2D eigenvalue weighted by molar-refractivity contribution is 7.90. The first-order valence-corrected chi connectivity index (χ1v) is 9.98. The van der Waals surface area contributed by atoms with Gasteiger partial charge in [-0.25, -0.2) is 0 Å². The normalized spacial score (nSPS) is 13.9. The van der Waals surface area contributed by atoms with E-state index in [-0.39, 0.29) is 18.2 Å². The summed E-state index contributed by atoms with van der Waals surface area (Å²) in [7, 11) is -3.85. The van der Waals surface area contributed by atoms with Crippen molar-refractivity contribution in [3.05, 3.63) is 46.8 Å². The van der Waals surface area contributed by atoms with Crippen molar-refractivity contribution in [2.24, 2.45) is 4.40 Å². The molecule has 4 rings (SSSR count). The monoisotopic (exact) mass is 386 g/mol. The number of terminal acetylenes is 1. The van der Waals surface area contributed by atoms with E-state index in [9.17, 15) is 8.42 Å². The Hall–Kier alpha value is -2.76. The molecular formula is C18H14N2O4S2. The van der Waals surface area contributed by atoms with Crippen LogP contribution in [0.15, 0.2) is 45.7 Å². The van der Waals surface area contributed by atoms with Crippen LogP contribution < -0.4 is 14.3 Å². The molecule has 0 fully saturated rings. The average Bonchev–Trinajstić information content (AvgIpc) is 3.18. The predicted octanol–water partition coefficient (Wildman–Crippen LogP) is 2.66. The Morgan fingerprint density at radius 1 is 1.23 bits per heavy atom. The van der Waals surface area contributed by atoms with E-state index in [4.69, 9.17) is 15.9 Å². The van der Waals surface area contributed by atoms with Gasteiger partial charge in [0.25, 0.3) is 10.0 Å². The minimum Gasteiger partial charge on any atom is -0.454 e. The first-order chi connectivity index (χ1) is 12.5. The SMILES string of the molecule is C#CCn1/c(=N/S(=O)(=O)c2ccc(C)cc2)sc2cc3c(cc21)OCO3. The molecule has 0 N–H and O–H groups in total. The van der Waals surface area contributed by atoms with Crippen LogP contribution in [-0.4, -0.2) is 19.8 Å². The molecule has 2 heterocycles. The van der Waals surface area contributed by atoms with Crippen LogP contribution in [0.4, 0.5) is 0 Å². The molecule has 0 bridgehead atoms. The van der Waals surface area contributed by atoms with Crippen LogP contribution >= 0.6 is 11.3 Å². The first kappa shape index (κ1) is 16.7. The fourth-order valence-electron chi connectivity index (χ4n) is 2.64. The molecule has 0 unspecified atom stereocenters. The minimum atomic E-state index is -3.85. The Labute approximate surface area is 154 Å². The largest absolute Gasteiger partial charge is 0.454 e. The molecule has 6 nitrogen and oxygen atoms in total. The van der Waals surface area contributed by atoms with E-state index in [1.807, 2.05) is 13.0 Å². The van der Waals surface area contributed by atoms with Gasteiger partial charge in [-0.2, -0.15) is 8.42 Å². The molecule has 0 aliphatic carbocycles. The van der Waals surface area contributed by atoms with Crippen molar-refractivity contribution in [1.29, 1.82) is 0 Å². The van der Waals surface area contributed by atoms with Gasteiger partial charge in [0.15, 0.2) is 11.5 Å². The van der Waals surface area contributed by atoms with Gasteiger partial charge in [-0.15, -0.1) is 10.8 Å². The number of sulfonamides is 1. The summed E-state index contributed by atoms with van der Waals surface area (Å²) in [5, 5.41) is 0. The summed E-state index contributed by atoms with van der Waals surface area (Å²) in [5.41, 5.74) is 1.73. The highest BCUT2D eigenvalue weighted by atomic mass is 32.2. The van der Waals surface area contributed by atoms with E-state index in [0.717, 1.165) is 15.8 Å². The van der Waals surface area contributed by atoms with Gasteiger partial charge in [-0.1, -0.05) is 35.0 Å². The third-order valence-corrected chi connectivity index (χ3v) is 6.38. The van der Waals surface area contributed by atoms with Crippen molar-refractivity contribution in [1.82, 2.24) is 4.57 Å². The summed E-state index contributed by atoms with van der Waals surface area (Å²) in [4.78, 5) is 0.448. The summed E-state index contributed by atoms with van der Waals surface area (Å²) in [6.07, 6.45) is 5.47. The van der Waals surface area contributed by atoms with Gasteiger partial charge in [0.1, 0.15) is 0 Å². The molecule has 0 atom stereocenters. The van der Waals surface area contributed by atoms with Crippen LogP contribution in [0.25, 0.3) is 10.2 Å². The van der Waals surface area contributed by atoms with Crippen molar-refractivity contribution in [3.8, 4) is 23.8 Å². The van der Waals surface area contributed by atoms with Crippen molar-refractivity contribution >= 4 is 31.6 Å². The van der Waals surface area contributed by atoms with Gasteiger partial charge in [-0.05, 0) is 19.1 Å². The lowest BCUT2D eigenvalue weighted by Gasteiger charge is -2.02. The highest BCUT2D eigenvalue weighted by Crippen LogP contribution is 2.37. The van der Waals surface area contributed by atoms with E-state index in [1.54, 1.807) is 34.9 Å². The highest BCUT2D eigenvalue weighted by Gasteiger charge is 2.19. The van der Waals surface area contributed by atoms with Gasteiger partial charge < -0.3 is 14.0 Å². The second-order valence-corrected chi connectivity index (χ2v) is 8.34. The summed E-state index contributed by atoms with van der Waals surface area (Å²) in [6.45, 7) is 2.26. The van der Waals surface area contributed by atoms with E-state index in [1.165, 1.54) is 11.3 Å². The summed E-state index contributed by atoms with van der Waals surface area (Å²) in [5.74, 6) is 3.78. The van der Waals surface area contributed by atoms with Crippen molar-refractivity contribution in [3.63, 3.8) is 0 Å². The molecule has 1 aliphatic rings. The first-order valence-electron chi connectivity index (χ1n) is 7.72.